The Morgan fingerprint density at radius 3 is 2.75 bits per heavy atom. The van der Waals surface area contributed by atoms with Crippen molar-refractivity contribution in [3.05, 3.63) is 28.8 Å². The molecule has 0 saturated carbocycles. The first-order chi connectivity index (χ1) is 11.3. The van der Waals surface area contributed by atoms with Crippen LogP contribution in [0.15, 0.2) is 18.2 Å². The molecule has 2 aliphatic rings. The third-order valence-electron chi connectivity index (χ3n) is 4.94. The van der Waals surface area contributed by atoms with E-state index >= 15 is 0 Å². The summed E-state index contributed by atoms with van der Waals surface area (Å²) in [4.78, 5) is 28.2. The number of benzene rings is 1. The van der Waals surface area contributed by atoms with Crippen molar-refractivity contribution in [3.63, 3.8) is 0 Å². The molecule has 0 spiro atoms. The van der Waals surface area contributed by atoms with Crippen molar-refractivity contribution in [2.24, 2.45) is 11.1 Å². The number of urea groups is 1. The van der Waals surface area contributed by atoms with E-state index in [2.05, 4.69) is 19.2 Å². The van der Waals surface area contributed by atoms with Gasteiger partial charge in [0.05, 0.1) is 10.7 Å². The van der Waals surface area contributed by atoms with Gasteiger partial charge in [-0.25, -0.2) is 4.79 Å². The number of piperidine rings is 1. The average molecular weight is 351 g/mol. The molecule has 3 rings (SSSR count). The highest BCUT2D eigenvalue weighted by atomic mass is 35.5. The van der Waals surface area contributed by atoms with Gasteiger partial charge >= 0.3 is 6.03 Å². The van der Waals surface area contributed by atoms with Crippen molar-refractivity contribution in [2.75, 3.05) is 31.1 Å². The summed E-state index contributed by atoms with van der Waals surface area (Å²) in [5.41, 5.74) is 7.15. The minimum atomic E-state index is -0.188. The van der Waals surface area contributed by atoms with Gasteiger partial charge in [-0.3, -0.25) is 9.69 Å². The van der Waals surface area contributed by atoms with E-state index in [1.807, 2.05) is 4.90 Å². The summed E-state index contributed by atoms with van der Waals surface area (Å²) >= 11 is 6.23. The Morgan fingerprint density at radius 1 is 1.38 bits per heavy atom. The van der Waals surface area contributed by atoms with Crippen molar-refractivity contribution < 1.29 is 9.59 Å². The third kappa shape index (κ3) is 3.08. The predicted molar refractivity (Wildman–Crippen MR) is 94.5 cm³/mol. The number of hydrogen-bond acceptors (Lipinski definition) is 3. The number of nitrogens with two attached hydrogens (primary N) is 1. The van der Waals surface area contributed by atoms with Gasteiger partial charge < -0.3 is 16.0 Å². The summed E-state index contributed by atoms with van der Waals surface area (Å²) in [5, 5.41) is 3.20. The minimum Gasteiger partial charge on any atom is -0.338 e. The summed E-state index contributed by atoms with van der Waals surface area (Å²) in [5.74, 6) is -0.0486. The van der Waals surface area contributed by atoms with Crippen LogP contribution in [0.2, 0.25) is 5.02 Å². The van der Waals surface area contributed by atoms with Crippen LogP contribution in [0.5, 0.6) is 0 Å². The van der Waals surface area contributed by atoms with E-state index in [9.17, 15) is 9.59 Å². The molecule has 0 bridgehead atoms. The number of amides is 3. The van der Waals surface area contributed by atoms with Gasteiger partial charge in [0.2, 0.25) is 0 Å². The van der Waals surface area contributed by atoms with Crippen LogP contribution in [0.1, 0.15) is 30.6 Å². The highest BCUT2D eigenvalue weighted by molar-refractivity contribution is 6.34. The summed E-state index contributed by atoms with van der Waals surface area (Å²) in [6, 6.07) is 5.00. The van der Waals surface area contributed by atoms with Crippen LogP contribution in [0, 0.1) is 5.41 Å². The molecule has 7 heteroatoms. The molecule has 3 amide bonds. The minimum absolute atomic E-state index is 0.0486. The van der Waals surface area contributed by atoms with Crippen LogP contribution < -0.4 is 16.0 Å². The fraction of sp³-hybridized carbons (Fsp3) is 0.529. The van der Waals surface area contributed by atoms with Crippen LogP contribution in [-0.4, -0.2) is 49.1 Å². The monoisotopic (exact) mass is 350 g/mol. The number of carbonyl (C=O) groups excluding carboxylic acids is 2. The third-order valence-corrected chi connectivity index (χ3v) is 5.26. The summed E-state index contributed by atoms with van der Waals surface area (Å²) in [6.45, 7) is 6.55. The number of carbonyl (C=O) groups is 2. The van der Waals surface area contributed by atoms with Crippen molar-refractivity contribution in [1.82, 2.24) is 10.2 Å². The molecule has 2 heterocycles. The molecule has 130 valence electrons. The maximum absolute atomic E-state index is 12.9. The summed E-state index contributed by atoms with van der Waals surface area (Å²) in [7, 11) is 0. The van der Waals surface area contributed by atoms with Crippen molar-refractivity contribution in [1.29, 1.82) is 0 Å². The van der Waals surface area contributed by atoms with Crippen LogP contribution in [0.25, 0.3) is 0 Å². The summed E-state index contributed by atoms with van der Waals surface area (Å²) < 4.78 is 0. The van der Waals surface area contributed by atoms with Gasteiger partial charge in [-0.15, -0.1) is 0 Å². The van der Waals surface area contributed by atoms with Crippen molar-refractivity contribution >= 4 is 29.2 Å². The zero-order valence-electron chi connectivity index (χ0n) is 14.0. The molecular formula is C17H23ClN4O2. The van der Waals surface area contributed by atoms with E-state index in [0.717, 1.165) is 6.42 Å². The molecule has 0 aliphatic carbocycles. The lowest BCUT2D eigenvalue weighted by atomic mass is 9.79. The number of anilines is 1. The normalized spacial score (nSPS) is 23.3. The van der Waals surface area contributed by atoms with Gasteiger partial charge in [0.15, 0.2) is 0 Å². The van der Waals surface area contributed by atoms with E-state index in [4.69, 9.17) is 17.3 Å². The van der Waals surface area contributed by atoms with Gasteiger partial charge in [-0.1, -0.05) is 25.4 Å². The molecule has 2 fully saturated rings. The second-order valence-electron chi connectivity index (χ2n) is 7.16. The predicted octanol–water partition coefficient (Wildman–Crippen LogP) is 2.07. The number of nitrogens with one attached hydrogen (secondary N) is 1. The molecule has 24 heavy (non-hydrogen) atoms. The fourth-order valence-electron chi connectivity index (χ4n) is 3.28. The summed E-state index contributed by atoms with van der Waals surface area (Å²) in [6.07, 6.45) is 0.785. The molecular weight excluding hydrogens is 328 g/mol. The first-order valence-corrected chi connectivity index (χ1v) is 8.57. The fourth-order valence-corrected chi connectivity index (χ4v) is 3.50. The highest BCUT2D eigenvalue weighted by Crippen LogP contribution is 2.31. The maximum atomic E-state index is 12.9. The number of rotatable bonds is 2. The van der Waals surface area contributed by atoms with Crippen LogP contribution in [0.4, 0.5) is 10.5 Å². The molecule has 1 unspecified atom stereocenters. The lowest BCUT2D eigenvalue weighted by Gasteiger charge is -2.42. The Balaban J connectivity index is 1.84. The molecule has 3 N–H and O–H groups in total. The first-order valence-electron chi connectivity index (χ1n) is 8.19. The highest BCUT2D eigenvalue weighted by Gasteiger charge is 2.36. The zero-order valence-corrected chi connectivity index (χ0v) is 14.8. The van der Waals surface area contributed by atoms with Crippen LogP contribution in [-0.2, 0) is 0 Å². The Kier molecular flexibility index (Phi) is 4.44. The Hall–Kier alpha value is -1.79. The Bertz CT molecular complexity index is 677. The van der Waals surface area contributed by atoms with Crippen LogP contribution >= 0.6 is 11.6 Å². The smallest absolute Gasteiger partial charge is 0.322 e. The van der Waals surface area contributed by atoms with Gasteiger partial charge in [-0.05, 0) is 30.0 Å². The molecule has 1 aromatic rings. The van der Waals surface area contributed by atoms with Gasteiger partial charge in [0.25, 0.3) is 5.91 Å². The number of hydrogen-bond donors (Lipinski definition) is 2. The van der Waals surface area contributed by atoms with E-state index in [0.29, 0.717) is 42.5 Å². The number of likely N-dealkylation sites (tertiary alicyclic amines) is 1. The van der Waals surface area contributed by atoms with E-state index in [1.165, 1.54) is 0 Å². The molecule has 0 aromatic heterocycles. The van der Waals surface area contributed by atoms with Gasteiger partial charge in [-0.2, -0.15) is 0 Å². The van der Waals surface area contributed by atoms with E-state index in [1.54, 1.807) is 23.1 Å². The molecule has 0 radical (unpaired) electrons. The Morgan fingerprint density at radius 2 is 2.12 bits per heavy atom. The van der Waals surface area contributed by atoms with Gasteiger partial charge in [0, 0.05) is 37.8 Å². The number of halogens is 1. The van der Waals surface area contributed by atoms with Crippen molar-refractivity contribution in [2.45, 2.75) is 26.3 Å². The molecule has 6 nitrogen and oxygen atoms in total. The van der Waals surface area contributed by atoms with E-state index < -0.39 is 0 Å². The molecule has 2 saturated heterocycles. The Labute approximate surface area is 146 Å². The lowest BCUT2D eigenvalue weighted by Crippen LogP contribution is -2.54. The van der Waals surface area contributed by atoms with Gasteiger partial charge in [0.1, 0.15) is 0 Å². The second kappa shape index (κ2) is 6.26. The largest absolute Gasteiger partial charge is 0.338 e. The topological polar surface area (TPSA) is 78.7 Å². The zero-order chi connectivity index (χ0) is 17.5. The molecule has 2 aliphatic heterocycles. The maximum Gasteiger partial charge on any atom is 0.322 e. The molecule has 1 atom stereocenters. The number of nitrogens with zero attached hydrogens (tertiary/aromatic N) is 2. The standard InChI is InChI=1S/C17H23ClN4O2/c1-17(2)10-21(7-5-14(17)19)15(23)11-3-4-12(18)13(9-11)22-8-6-20-16(22)24/h3-4,9,14H,5-8,10,19H2,1-2H3,(H,20,24). The first kappa shape index (κ1) is 17.0. The second-order valence-corrected chi connectivity index (χ2v) is 7.57. The average Bonchev–Trinajstić information content (AvgIpc) is 2.96. The quantitative estimate of drug-likeness (QED) is 0.857. The van der Waals surface area contributed by atoms with Crippen molar-refractivity contribution in [3.8, 4) is 0 Å². The van der Waals surface area contributed by atoms with E-state index in [-0.39, 0.29) is 23.4 Å². The SMILES string of the molecule is CC1(C)CN(C(=O)c2ccc(Cl)c(N3CCNC3=O)c2)CCC1N. The lowest BCUT2D eigenvalue weighted by molar-refractivity contribution is 0.0533. The van der Waals surface area contributed by atoms with Crippen LogP contribution in [0.3, 0.4) is 0 Å². The molecule has 1 aromatic carbocycles.